The highest BCUT2D eigenvalue weighted by Crippen LogP contribution is 2.44. The molecule has 2 aromatic heterocycles. The maximum Gasteiger partial charge on any atom is 0.248 e. The van der Waals surface area contributed by atoms with E-state index in [1.807, 2.05) is 6.33 Å². The summed E-state index contributed by atoms with van der Waals surface area (Å²) in [5.74, 6) is 0. The molecule has 3 nitrogen and oxygen atoms in total. The second-order valence-corrected chi connectivity index (χ2v) is 5.98. The summed E-state index contributed by atoms with van der Waals surface area (Å²) < 4.78 is 4.37. The van der Waals surface area contributed by atoms with Crippen molar-refractivity contribution in [3.63, 3.8) is 0 Å². The zero-order valence-corrected chi connectivity index (χ0v) is 12.8. The van der Waals surface area contributed by atoms with E-state index >= 15 is 0 Å². The van der Waals surface area contributed by atoms with Gasteiger partial charge in [0.05, 0.1) is 17.8 Å². The average Bonchev–Trinajstić information content (AvgIpc) is 2.88. The van der Waals surface area contributed by atoms with E-state index < -0.39 is 0 Å². The summed E-state index contributed by atoms with van der Waals surface area (Å²) in [5.41, 5.74) is 5.26. The Kier molecular flexibility index (Phi) is 2.49. The third-order valence-corrected chi connectivity index (χ3v) is 5.27. The molecule has 0 unspecified atom stereocenters. The predicted molar refractivity (Wildman–Crippen MR) is 85.1 cm³/mol. The van der Waals surface area contributed by atoms with Crippen molar-refractivity contribution in [2.75, 3.05) is 0 Å². The van der Waals surface area contributed by atoms with E-state index in [4.69, 9.17) is 0 Å². The van der Waals surface area contributed by atoms with E-state index in [9.17, 15) is 0 Å². The molecule has 1 aliphatic heterocycles. The van der Waals surface area contributed by atoms with Crippen LogP contribution in [0.3, 0.4) is 0 Å². The van der Waals surface area contributed by atoms with Gasteiger partial charge in [0.1, 0.15) is 6.20 Å². The lowest BCUT2D eigenvalue weighted by atomic mass is 9.70. The van der Waals surface area contributed by atoms with Crippen molar-refractivity contribution in [2.45, 2.75) is 39.0 Å². The van der Waals surface area contributed by atoms with Gasteiger partial charge >= 0.3 is 0 Å². The fraction of sp³-hybridized carbons (Fsp3) is 0.333. The summed E-state index contributed by atoms with van der Waals surface area (Å²) in [6.45, 7) is 6.85. The van der Waals surface area contributed by atoms with Crippen molar-refractivity contribution in [3.8, 4) is 0 Å². The Bertz CT molecular complexity index is 882. The fourth-order valence-electron chi connectivity index (χ4n) is 4.01. The van der Waals surface area contributed by atoms with Crippen LogP contribution in [0.25, 0.3) is 22.8 Å². The minimum absolute atomic E-state index is 0.106. The van der Waals surface area contributed by atoms with Crippen LogP contribution in [0.5, 0.6) is 0 Å². The zero-order chi connectivity index (χ0) is 14.6. The van der Waals surface area contributed by atoms with Crippen LogP contribution < -0.4 is 4.40 Å². The molecule has 0 atom stereocenters. The molecular formula is C18H20N3+. The summed E-state index contributed by atoms with van der Waals surface area (Å²) in [6.07, 6.45) is 10.6. The molecule has 3 heterocycles. The predicted octanol–water partition coefficient (Wildman–Crippen LogP) is 3.71. The number of nitrogens with zero attached hydrogens (tertiary/aromatic N) is 3. The van der Waals surface area contributed by atoms with Crippen LogP contribution in [0.4, 0.5) is 0 Å². The van der Waals surface area contributed by atoms with Crippen molar-refractivity contribution in [1.82, 2.24) is 9.55 Å². The molecule has 3 aromatic rings. The molecule has 3 heteroatoms. The van der Waals surface area contributed by atoms with Crippen LogP contribution in [-0.4, -0.2) is 9.55 Å². The minimum atomic E-state index is 0.106. The first kappa shape index (κ1) is 12.6. The Morgan fingerprint density at radius 2 is 2.05 bits per heavy atom. The van der Waals surface area contributed by atoms with Crippen molar-refractivity contribution < 1.29 is 4.40 Å². The third kappa shape index (κ3) is 1.44. The van der Waals surface area contributed by atoms with Gasteiger partial charge in [-0.05, 0) is 37.0 Å². The lowest BCUT2D eigenvalue weighted by Gasteiger charge is -2.32. The first-order valence-electron chi connectivity index (χ1n) is 7.70. The Balaban J connectivity index is 2.30. The van der Waals surface area contributed by atoms with Gasteiger partial charge in [-0.25, -0.2) is 8.97 Å². The summed E-state index contributed by atoms with van der Waals surface area (Å²) in [5, 5.41) is 1.29. The number of benzene rings is 1. The Labute approximate surface area is 124 Å². The van der Waals surface area contributed by atoms with Crippen molar-refractivity contribution in [2.24, 2.45) is 0 Å². The van der Waals surface area contributed by atoms with Gasteiger partial charge in [-0.2, -0.15) is 0 Å². The highest BCUT2D eigenvalue weighted by atomic mass is 15.1. The van der Waals surface area contributed by atoms with E-state index in [0.29, 0.717) is 0 Å². The van der Waals surface area contributed by atoms with E-state index in [2.05, 4.69) is 71.5 Å². The molecule has 0 fully saturated rings. The molecule has 0 radical (unpaired) electrons. The second-order valence-electron chi connectivity index (χ2n) is 5.98. The summed E-state index contributed by atoms with van der Waals surface area (Å²) in [7, 11) is 0. The van der Waals surface area contributed by atoms with Crippen molar-refractivity contribution in [1.29, 1.82) is 0 Å². The van der Waals surface area contributed by atoms with Crippen LogP contribution in [-0.2, 0) is 5.41 Å². The first-order valence-corrected chi connectivity index (χ1v) is 7.70. The fourth-order valence-corrected chi connectivity index (χ4v) is 4.01. The molecule has 106 valence electrons. The van der Waals surface area contributed by atoms with E-state index in [1.54, 1.807) is 0 Å². The number of aromatic nitrogens is 3. The molecule has 0 aliphatic carbocycles. The van der Waals surface area contributed by atoms with Gasteiger partial charge in [0.15, 0.2) is 5.52 Å². The van der Waals surface area contributed by atoms with Crippen LogP contribution in [0.2, 0.25) is 0 Å². The highest BCUT2D eigenvalue weighted by Gasteiger charge is 2.36. The van der Waals surface area contributed by atoms with Gasteiger partial charge < -0.3 is 0 Å². The Morgan fingerprint density at radius 1 is 1.24 bits per heavy atom. The van der Waals surface area contributed by atoms with Gasteiger partial charge in [0.2, 0.25) is 12.0 Å². The second kappa shape index (κ2) is 4.17. The highest BCUT2D eigenvalue weighted by molar-refractivity contribution is 5.95. The zero-order valence-electron chi connectivity index (χ0n) is 12.8. The summed E-state index contributed by atoms with van der Waals surface area (Å²) in [4.78, 5) is 4.64. The lowest BCUT2D eigenvalue weighted by molar-refractivity contribution is -0.512. The molecule has 21 heavy (non-hydrogen) atoms. The largest absolute Gasteiger partial charge is 0.248 e. The molecular weight excluding hydrogens is 258 g/mol. The minimum Gasteiger partial charge on any atom is -0.236 e. The topological polar surface area (TPSA) is 21.9 Å². The van der Waals surface area contributed by atoms with Crippen molar-refractivity contribution >= 4 is 22.8 Å². The van der Waals surface area contributed by atoms with Gasteiger partial charge in [-0.1, -0.05) is 26.0 Å². The molecule has 0 spiro atoms. The summed E-state index contributed by atoms with van der Waals surface area (Å²) >= 11 is 0. The van der Waals surface area contributed by atoms with Gasteiger partial charge in [-0.3, -0.25) is 0 Å². The monoisotopic (exact) mass is 278 g/mol. The van der Waals surface area contributed by atoms with Crippen LogP contribution in [0.15, 0.2) is 42.5 Å². The van der Waals surface area contributed by atoms with E-state index in [0.717, 1.165) is 18.4 Å². The normalized spacial score (nSPS) is 16.4. The smallest absolute Gasteiger partial charge is 0.236 e. The van der Waals surface area contributed by atoms with Crippen LogP contribution >= 0.6 is 0 Å². The molecule has 4 rings (SSSR count). The van der Waals surface area contributed by atoms with Gasteiger partial charge in [0.25, 0.3) is 0 Å². The molecule has 0 saturated carbocycles. The maximum absolute atomic E-state index is 4.64. The van der Waals surface area contributed by atoms with Crippen molar-refractivity contribution in [3.05, 3.63) is 48.1 Å². The lowest BCUT2D eigenvalue weighted by Crippen LogP contribution is -2.27. The van der Waals surface area contributed by atoms with Gasteiger partial charge in [-0.15, -0.1) is 4.98 Å². The Hall–Kier alpha value is -2.16. The SMILES string of the molecule is CCC1(CC)C(C)=Cn2cc[n+]3cnc4cccc1c4c23. The van der Waals surface area contributed by atoms with E-state index in [-0.39, 0.29) is 5.41 Å². The number of rotatable bonds is 2. The number of hydrogen-bond donors (Lipinski definition) is 0. The van der Waals surface area contributed by atoms with Gasteiger partial charge in [0, 0.05) is 5.41 Å². The number of allylic oxidation sites excluding steroid dienone is 1. The quantitative estimate of drug-likeness (QED) is 0.655. The molecule has 0 saturated heterocycles. The molecule has 0 bridgehead atoms. The van der Waals surface area contributed by atoms with Crippen LogP contribution in [0.1, 0.15) is 39.2 Å². The molecule has 0 amide bonds. The first-order chi connectivity index (χ1) is 10.2. The third-order valence-electron chi connectivity index (χ3n) is 5.27. The number of hydrogen-bond acceptors (Lipinski definition) is 1. The molecule has 1 aliphatic rings. The maximum atomic E-state index is 4.64. The molecule has 0 N–H and O–H groups in total. The standard InChI is InChI=1S/C18H20N3/c1-4-18(5-2)13(3)11-20-9-10-21-12-19-15-8-6-7-14(18)16(15)17(20)21/h6-12H,4-5H2,1-3H3/q+1. The van der Waals surface area contributed by atoms with E-state index in [1.165, 1.54) is 22.2 Å². The summed E-state index contributed by atoms with van der Waals surface area (Å²) in [6, 6.07) is 6.55. The number of imidazole rings is 1. The average molecular weight is 278 g/mol. The Morgan fingerprint density at radius 3 is 2.81 bits per heavy atom. The van der Waals surface area contributed by atoms with Crippen LogP contribution in [0, 0.1) is 0 Å². The molecule has 1 aromatic carbocycles.